The van der Waals surface area contributed by atoms with E-state index in [1.165, 1.54) is 23.2 Å². The summed E-state index contributed by atoms with van der Waals surface area (Å²) in [5.74, 6) is -0.157. The summed E-state index contributed by atoms with van der Waals surface area (Å²) in [6, 6.07) is 0. The second-order valence-electron chi connectivity index (χ2n) is 6.92. The molecule has 0 aliphatic carbocycles. The number of carbonyl (C=O) groups is 2. The lowest BCUT2D eigenvalue weighted by Gasteiger charge is -2.33. The van der Waals surface area contributed by atoms with Crippen molar-refractivity contribution >= 4 is 23.2 Å². The molecule has 2 aromatic rings. The number of fused-ring (bicyclic) bond motifs is 1. The summed E-state index contributed by atoms with van der Waals surface area (Å²) < 4.78 is 8.74. The van der Waals surface area contributed by atoms with Crippen LogP contribution in [0.1, 0.15) is 12.7 Å². The zero-order chi connectivity index (χ0) is 21.3. The van der Waals surface area contributed by atoms with Crippen LogP contribution in [0.15, 0.2) is 9.59 Å². The van der Waals surface area contributed by atoms with Crippen molar-refractivity contribution in [3.63, 3.8) is 0 Å². The SMILES string of the molecule is CCOC(=O)N1CCN(Cc2nc3c(c(=O)n(C)c(=O)n3C)n2CC(N)=O)CC1. The molecule has 2 N–H and O–H groups in total. The fourth-order valence-electron chi connectivity index (χ4n) is 3.44. The van der Waals surface area contributed by atoms with Crippen LogP contribution in [0.3, 0.4) is 0 Å². The highest BCUT2D eigenvalue weighted by atomic mass is 16.6. The molecule has 3 rings (SSSR count). The number of nitrogens with zero attached hydrogens (tertiary/aromatic N) is 6. The monoisotopic (exact) mass is 407 g/mol. The Hall–Kier alpha value is -3.15. The third-order valence-electron chi connectivity index (χ3n) is 5.00. The molecule has 3 heterocycles. The summed E-state index contributed by atoms with van der Waals surface area (Å²) in [6.45, 7) is 4.35. The lowest BCUT2D eigenvalue weighted by atomic mass is 10.3. The second kappa shape index (κ2) is 8.07. The molecular formula is C17H25N7O5. The predicted octanol–water partition coefficient (Wildman–Crippen LogP) is -1.81. The molecule has 1 aliphatic heterocycles. The number of carbonyl (C=O) groups excluding carboxylic acids is 2. The Labute approximate surface area is 166 Å². The van der Waals surface area contributed by atoms with E-state index in [-0.39, 0.29) is 23.8 Å². The van der Waals surface area contributed by atoms with Gasteiger partial charge in [-0.3, -0.25) is 23.6 Å². The molecule has 2 amide bonds. The Morgan fingerprint density at radius 3 is 2.34 bits per heavy atom. The largest absolute Gasteiger partial charge is 0.450 e. The van der Waals surface area contributed by atoms with Crippen LogP contribution in [0.25, 0.3) is 11.2 Å². The van der Waals surface area contributed by atoms with Crippen molar-refractivity contribution in [1.29, 1.82) is 0 Å². The van der Waals surface area contributed by atoms with Crippen molar-refractivity contribution in [2.75, 3.05) is 32.8 Å². The number of ether oxygens (including phenoxy) is 1. The fraction of sp³-hybridized carbons (Fsp3) is 0.588. The molecule has 0 aromatic carbocycles. The molecule has 1 fully saturated rings. The van der Waals surface area contributed by atoms with E-state index in [9.17, 15) is 19.2 Å². The van der Waals surface area contributed by atoms with Gasteiger partial charge in [0, 0.05) is 40.3 Å². The van der Waals surface area contributed by atoms with Gasteiger partial charge in [-0.05, 0) is 6.92 Å². The van der Waals surface area contributed by atoms with Crippen LogP contribution in [0.4, 0.5) is 4.79 Å². The number of imidazole rings is 1. The first-order valence-electron chi connectivity index (χ1n) is 9.32. The quantitative estimate of drug-likeness (QED) is 0.617. The van der Waals surface area contributed by atoms with Gasteiger partial charge in [-0.1, -0.05) is 0 Å². The van der Waals surface area contributed by atoms with Crippen LogP contribution in [0.2, 0.25) is 0 Å². The van der Waals surface area contributed by atoms with Crippen molar-refractivity contribution in [3.8, 4) is 0 Å². The van der Waals surface area contributed by atoms with Gasteiger partial charge in [-0.2, -0.15) is 0 Å². The molecule has 0 saturated carbocycles. The van der Waals surface area contributed by atoms with E-state index in [1.54, 1.807) is 11.8 Å². The zero-order valence-electron chi connectivity index (χ0n) is 16.8. The van der Waals surface area contributed by atoms with Gasteiger partial charge in [-0.25, -0.2) is 14.6 Å². The van der Waals surface area contributed by atoms with Crippen LogP contribution >= 0.6 is 0 Å². The van der Waals surface area contributed by atoms with E-state index >= 15 is 0 Å². The second-order valence-corrected chi connectivity index (χ2v) is 6.92. The van der Waals surface area contributed by atoms with E-state index < -0.39 is 17.2 Å². The number of aryl methyl sites for hydroxylation is 1. The van der Waals surface area contributed by atoms with Gasteiger partial charge in [-0.15, -0.1) is 0 Å². The highest BCUT2D eigenvalue weighted by Gasteiger charge is 2.25. The van der Waals surface area contributed by atoms with Crippen molar-refractivity contribution in [1.82, 2.24) is 28.5 Å². The van der Waals surface area contributed by atoms with Crippen LogP contribution in [0.5, 0.6) is 0 Å². The topological polar surface area (TPSA) is 138 Å². The lowest BCUT2D eigenvalue weighted by Crippen LogP contribution is -2.48. The molecule has 1 saturated heterocycles. The minimum Gasteiger partial charge on any atom is -0.450 e. The first kappa shape index (κ1) is 20.6. The predicted molar refractivity (Wildman–Crippen MR) is 103 cm³/mol. The minimum absolute atomic E-state index is 0.161. The summed E-state index contributed by atoms with van der Waals surface area (Å²) in [5, 5.41) is 0. The first-order chi connectivity index (χ1) is 13.7. The van der Waals surface area contributed by atoms with E-state index in [0.717, 1.165) is 4.57 Å². The molecule has 0 unspecified atom stereocenters. The van der Waals surface area contributed by atoms with Crippen molar-refractivity contribution < 1.29 is 14.3 Å². The third-order valence-corrected chi connectivity index (χ3v) is 5.00. The van der Waals surface area contributed by atoms with Gasteiger partial charge < -0.3 is 19.9 Å². The maximum Gasteiger partial charge on any atom is 0.409 e. The number of primary amides is 1. The third kappa shape index (κ3) is 3.88. The molecule has 0 atom stereocenters. The summed E-state index contributed by atoms with van der Waals surface area (Å²) in [5.41, 5.74) is 4.71. The Morgan fingerprint density at radius 1 is 1.10 bits per heavy atom. The average Bonchev–Trinajstić information content (AvgIpc) is 3.03. The molecule has 0 bridgehead atoms. The summed E-state index contributed by atoms with van der Waals surface area (Å²) in [4.78, 5) is 56.5. The van der Waals surface area contributed by atoms with Gasteiger partial charge in [0.25, 0.3) is 5.56 Å². The van der Waals surface area contributed by atoms with Crippen molar-refractivity contribution in [3.05, 3.63) is 26.7 Å². The summed E-state index contributed by atoms with van der Waals surface area (Å²) >= 11 is 0. The Balaban J connectivity index is 1.92. The van der Waals surface area contributed by atoms with Crippen molar-refractivity contribution in [2.45, 2.75) is 20.0 Å². The number of aromatic nitrogens is 4. The maximum absolute atomic E-state index is 12.7. The normalized spacial score (nSPS) is 15.1. The number of rotatable bonds is 5. The molecule has 2 aromatic heterocycles. The summed E-state index contributed by atoms with van der Waals surface area (Å²) in [6.07, 6.45) is -0.341. The molecule has 158 valence electrons. The van der Waals surface area contributed by atoms with E-state index in [0.29, 0.717) is 45.2 Å². The lowest BCUT2D eigenvalue weighted by molar-refractivity contribution is -0.118. The van der Waals surface area contributed by atoms with Gasteiger partial charge in [0.2, 0.25) is 5.91 Å². The van der Waals surface area contributed by atoms with E-state index in [2.05, 4.69) is 9.88 Å². The molecule has 0 spiro atoms. The summed E-state index contributed by atoms with van der Waals surface area (Å²) in [7, 11) is 2.90. The van der Waals surface area contributed by atoms with Gasteiger partial charge >= 0.3 is 11.8 Å². The fourth-order valence-corrected chi connectivity index (χ4v) is 3.44. The number of hydrogen-bond donors (Lipinski definition) is 1. The number of piperazine rings is 1. The van der Waals surface area contributed by atoms with Crippen LogP contribution in [-0.2, 0) is 36.7 Å². The molecule has 12 heteroatoms. The number of nitrogens with two attached hydrogens (primary N) is 1. The van der Waals surface area contributed by atoms with E-state index in [1.807, 2.05) is 0 Å². The van der Waals surface area contributed by atoms with Crippen LogP contribution < -0.4 is 17.0 Å². The Kier molecular flexibility index (Phi) is 5.73. The van der Waals surface area contributed by atoms with Crippen LogP contribution in [0, 0.1) is 0 Å². The van der Waals surface area contributed by atoms with Crippen LogP contribution in [-0.4, -0.2) is 73.3 Å². The number of hydrogen-bond acceptors (Lipinski definition) is 7. The average molecular weight is 407 g/mol. The Morgan fingerprint density at radius 2 is 1.76 bits per heavy atom. The van der Waals surface area contributed by atoms with Gasteiger partial charge in [0.05, 0.1) is 13.2 Å². The molecule has 12 nitrogen and oxygen atoms in total. The van der Waals surface area contributed by atoms with Crippen molar-refractivity contribution in [2.24, 2.45) is 19.8 Å². The molecule has 0 radical (unpaired) electrons. The Bertz CT molecular complexity index is 1060. The minimum atomic E-state index is -0.617. The standard InChI is InChI=1S/C17H25N7O5/c1-4-29-17(28)23-7-5-22(6-8-23)10-12-19-14-13(24(12)9-11(18)25)15(26)21(3)16(27)20(14)2/h4-10H2,1-3H3,(H2,18,25). The van der Waals surface area contributed by atoms with Gasteiger partial charge in [0.15, 0.2) is 11.2 Å². The maximum atomic E-state index is 12.7. The molecule has 1 aliphatic rings. The van der Waals surface area contributed by atoms with Gasteiger partial charge in [0.1, 0.15) is 12.4 Å². The highest BCUT2D eigenvalue weighted by Crippen LogP contribution is 2.15. The molecule has 29 heavy (non-hydrogen) atoms. The number of amides is 2. The first-order valence-corrected chi connectivity index (χ1v) is 9.32. The zero-order valence-corrected chi connectivity index (χ0v) is 16.8. The van der Waals surface area contributed by atoms with E-state index in [4.69, 9.17) is 10.5 Å². The molecular weight excluding hydrogens is 382 g/mol. The smallest absolute Gasteiger partial charge is 0.409 e. The highest BCUT2D eigenvalue weighted by molar-refractivity contribution is 5.78.